The number of likely N-dealkylation sites (tertiary alicyclic amines) is 1. The summed E-state index contributed by atoms with van der Waals surface area (Å²) in [7, 11) is 3.18. The lowest BCUT2D eigenvalue weighted by Crippen LogP contribution is -2.42. The number of nitrogens with zero attached hydrogens (tertiary/aromatic N) is 2. The minimum absolute atomic E-state index is 0.228. The van der Waals surface area contributed by atoms with Crippen LogP contribution >= 0.6 is 0 Å². The molecule has 1 atom stereocenters. The predicted molar refractivity (Wildman–Crippen MR) is 143 cm³/mol. The number of piperidine rings is 1. The SMILES string of the molecule is CCOC(=O)C1CCCN(C(=O)c2ccc(CN(Cc3cccc(F)c3)Cc3ccc(OC)c(OC)c3)o2)C1. The molecule has 3 aromatic rings. The molecule has 1 aliphatic rings. The second-order valence-corrected chi connectivity index (χ2v) is 9.57. The third kappa shape index (κ3) is 7.38. The largest absolute Gasteiger partial charge is 0.493 e. The van der Waals surface area contributed by atoms with Crippen molar-refractivity contribution >= 4 is 11.9 Å². The van der Waals surface area contributed by atoms with E-state index in [9.17, 15) is 14.0 Å². The van der Waals surface area contributed by atoms with Gasteiger partial charge in [0, 0.05) is 26.2 Å². The number of hydrogen-bond donors (Lipinski definition) is 0. The Balaban J connectivity index is 1.49. The van der Waals surface area contributed by atoms with Crippen LogP contribution in [-0.4, -0.2) is 55.6 Å². The van der Waals surface area contributed by atoms with Gasteiger partial charge in [-0.1, -0.05) is 18.2 Å². The molecule has 1 fully saturated rings. The number of amides is 1. The van der Waals surface area contributed by atoms with Gasteiger partial charge in [-0.15, -0.1) is 0 Å². The molecule has 0 radical (unpaired) electrons. The van der Waals surface area contributed by atoms with Gasteiger partial charge < -0.3 is 23.5 Å². The highest BCUT2D eigenvalue weighted by molar-refractivity contribution is 5.92. The Kier molecular flexibility index (Phi) is 9.59. The van der Waals surface area contributed by atoms with Crippen LogP contribution < -0.4 is 9.47 Å². The van der Waals surface area contributed by atoms with Gasteiger partial charge in [-0.2, -0.15) is 0 Å². The molecule has 9 heteroatoms. The average Bonchev–Trinajstić information content (AvgIpc) is 3.41. The maximum atomic E-state index is 13.9. The van der Waals surface area contributed by atoms with Crippen molar-refractivity contribution in [3.63, 3.8) is 0 Å². The van der Waals surface area contributed by atoms with E-state index in [2.05, 4.69) is 4.90 Å². The molecule has 39 heavy (non-hydrogen) atoms. The van der Waals surface area contributed by atoms with Crippen LogP contribution in [0.25, 0.3) is 0 Å². The molecule has 1 aromatic heterocycles. The number of rotatable bonds is 11. The van der Waals surface area contributed by atoms with Crippen LogP contribution in [0.15, 0.2) is 59.0 Å². The third-order valence-corrected chi connectivity index (χ3v) is 6.73. The zero-order chi connectivity index (χ0) is 27.8. The topological polar surface area (TPSA) is 81.5 Å². The van der Waals surface area contributed by atoms with Crippen LogP contribution in [0.4, 0.5) is 4.39 Å². The van der Waals surface area contributed by atoms with Crippen LogP contribution in [0.3, 0.4) is 0 Å². The van der Waals surface area contributed by atoms with Crippen molar-refractivity contribution in [3.8, 4) is 11.5 Å². The van der Waals surface area contributed by atoms with Crippen molar-refractivity contribution in [3.05, 3.63) is 83.1 Å². The van der Waals surface area contributed by atoms with Crippen LogP contribution in [0.1, 0.15) is 47.2 Å². The van der Waals surface area contributed by atoms with E-state index in [0.717, 1.165) is 17.5 Å². The molecular formula is C30H35FN2O6. The van der Waals surface area contributed by atoms with Crippen LogP contribution in [-0.2, 0) is 29.2 Å². The van der Waals surface area contributed by atoms with Gasteiger partial charge in [0.05, 0.1) is 33.3 Å². The lowest BCUT2D eigenvalue weighted by molar-refractivity contribution is -0.149. The quantitative estimate of drug-likeness (QED) is 0.316. The molecule has 208 valence electrons. The van der Waals surface area contributed by atoms with Crippen LogP contribution in [0.5, 0.6) is 11.5 Å². The normalized spacial score (nSPS) is 15.3. The highest BCUT2D eigenvalue weighted by Crippen LogP contribution is 2.29. The van der Waals surface area contributed by atoms with Crippen molar-refractivity contribution in [1.82, 2.24) is 9.80 Å². The monoisotopic (exact) mass is 538 g/mol. The predicted octanol–water partition coefficient (Wildman–Crippen LogP) is 5.05. The van der Waals surface area contributed by atoms with E-state index in [1.165, 1.54) is 12.1 Å². The maximum Gasteiger partial charge on any atom is 0.310 e. The van der Waals surface area contributed by atoms with Gasteiger partial charge in [0.25, 0.3) is 5.91 Å². The molecule has 1 saturated heterocycles. The van der Waals surface area contributed by atoms with E-state index in [0.29, 0.717) is 63.0 Å². The van der Waals surface area contributed by atoms with Gasteiger partial charge in [-0.25, -0.2) is 4.39 Å². The van der Waals surface area contributed by atoms with E-state index in [1.54, 1.807) is 44.2 Å². The summed E-state index contributed by atoms with van der Waals surface area (Å²) in [6.07, 6.45) is 1.44. The molecule has 1 unspecified atom stereocenters. The standard InChI is InChI=1S/C30H35FN2O6/c1-4-38-30(35)23-8-6-14-33(19-23)29(34)27-13-11-25(39-27)20-32(17-21-7-5-9-24(31)15-21)18-22-10-12-26(36-2)28(16-22)37-3/h5,7,9-13,15-16,23H,4,6,8,14,17-20H2,1-3H3. The Hall–Kier alpha value is -3.85. The number of hydrogen-bond acceptors (Lipinski definition) is 7. The molecular weight excluding hydrogens is 503 g/mol. The van der Waals surface area contributed by atoms with Gasteiger partial charge in [-0.3, -0.25) is 14.5 Å². The summed E-state index contributed by atoms with van der Waals surface area (Å²) in [6.45, 7) is 4.35. The molecule has 1 amide bonds. The summed E-state index contributed by atoms with van der Waals surface area (Å²) in [4.78, 5) is 29.1. The van der Waals surface area contributed by atoms with Crippen LogP contribution in [0.2, 0.25) is 0 Å². The number of furan rings is 1. The summed E-state index contributed by atoms with van der Waals surface area (Å²) in [5.41, 5.74) is 1.79. The Bertz CT molecular complexity index is 1280. The number of benzene rings is 2. The smallest absolute Gasteiger partial charge is 0.310 e. The van der Waals surface area contributed by atoms with Gasteiger partial charge >= 0.3 is 5.97 Å². The Labute approximate surface area is 228 Å². The molecule has 2 heterocycles. The fourth-order valence-electron chi connectivity index (χ4n) is 4.87. The summed E-state index contributed by atoms with van der Waals surface area (Å²) in [6, 6.07) is 15.6. The summed E-state index contributed by atoms with van der Waals surface area (Å²) < 4.78 is 35.8. The summed E-state index contributed by atoms with van der Waals surface area (Å²) in [5, 5.41) is 0. The zero-order valence-corrected chi connectivity index (χ0v) is 22.7. The zero-order valence-electron chi connectivity index (χ0n) is 22.7. The molecule has 0 spiro atoms. The molecule has 4 rings (SSSR count). The van der Waals surface area contributed by atoms with E-state index in [-0.39, 0.29) is 29.4 Å². The first-order chi connectivity index (χ1) is 18.9. The fourth-order valence-corrected chi connectivity index (χ4v) is 4.87. The summed E-state index contributed by atoms with van der Waals surface area (Å²) >= 11 is 0. The number of esters is 1. The number of carbonyl (C=O) groups excluding carboxylic acids is 2. The molecule has 0 bridgehead atoms. The van der Waals surface area contributed by atoms with Crippen molar-refractivity contribution in [1.29, 1.82) is 0 Å². The lowest BCUT2D eigenvalue weighted by atomic mass is 9.98. The maximum absolute atomic E-state index is 13.9. The Morgan fingerprint density at radius 2 is 1.77 bits per heavy atom. The molecule has 0 aliphatic carbocycles. The minimum Gasteiger partial charge on any atom is -0.493 e. The molecule has 2 aromatic carbocycles. The van der Waals surface area contributed by atoms with Crippen molar-refractivity contribution < 1.29 is 32.6 Å². The number of methoxy groups -OCH3 is 2. The van der Waals surface area contributed by atoms with Gasteiger partial charge in [0.1, 0.15) is 11.6 Å². The first-order valence-corrected chi connectivity index (χ1v) is 13.1. The highest BCUT2D eigenvalue weighted by Gasteiger charge is 2.31. The number of carbonyl (C=O) groups is 2. The minimum atomic E-state index is -0.319. The first kappa shape index (κ1) is 28.2. The van der Waals surface area contributed by atoms with E-state index in [1.807, 2.05) is 24.3 Å². The third-order valence-electron chi connectivity index (χ3n) is 6.73. The van der Waals surface area contributed by atoms with E-state index in [4.69, 9.17) is 18.6 Å². The van der Waals surface area contributed by atoms with E-state index < -0.39 is 0 Å². The summed E-state index contributed by atoms with van der Waals surface area (Å²) in [5.74, 6) is 0.960. The van der Waals surface area contributed by atoms with Gasteiger partial charge in [-0.05, 0) is 67.3 Å². The second kappa shape index (κ2) is 13.3. The van der Waals surface area contributed by atoms with Crippen LogP contribution in [0, 0.1) is 11.7 Å². The number of ether oxygens (including phenoxy) is 3. The molecule has 0 N–H and O–H groups in total. The lowest BCUT2D eigenvalue weighted by Gasteiger charge is -2.30. The average molecular weight is 539 g/mol. The highest BCUT2D eigenvalue weighted by atomic mass is 19.1. The van der Waals surface area contributed by atoms with Crippen molar-refractivity contribution in [2.24, 2.45) is 5.92 Å². The molecule has 0 saturated carbocycles. The van der Waals surface area contributed by atoms with Gasteiger partial charge in [0.15, 0.2) is 17.3 Å². The first-order valence-electron chi connectivity index (χ1n) is 13.1. The Morgan fingerprint density at radius 1 is 1.00 bits per heavy atom. The molecule has 8 nitrogen and oxygen atoms in total. The van der Waals surface area contributed by atoms with E-state index >= 15 is 0 Å². The van der Waals surface area contributed by atoms with Gasteiger partial charge in [0.2, 0.25) is 0 Å². The van der Waals surface area contributed by atoms with Crippen molar-refractivity contribution in [2.45, 2.75) is 39.4 Å². The Morgan fingerprint density at radius 3 is 2.49 bits per heavy atom. The fraction of sp³-hybridized carbons (Fsp3) is 0.400. The molecule has 1 aliphatic heterocycles. The van der Waals surface area contributed by atoms with Crippen molar-refractivity contribution in [2.75, 3.05) is 33.9 Å². The number of halogens is 1. The second-order valence-electron chi connectivity index (χ2n) is 9.57.